The van der Waals surface area contributed by atoms with Crippen LogP contribution in [0.3, 0.4) is 0 Å². The fraction of sp³-hybridized carbons (Fsp3) is 0.462. The Labute approximate surface area is 124 Å². The first-order chi connectivity index (χ1) is 10.3. The van der Waals surface area contributed by atoms with E-state index in [9.17, 15) is 22.8 Å². The van der Waals surface area contributed by atoms with Crippen LogP contribution in [0.25, 0.3) is 0 Å². The van der Waals surface area contributed by atoms with Gasteiger partial charge in [-0.1, -0.05) is 0 Å². The van der Waals surface area contributed by atoms with Crippen molar-refractivity contribution in [1.82, 2.24) is 9.88 Å². The van der Waals surface area contributed by atoms with Crippen molar-refractivity contribution in [2.24, 2.45) is 11.7 Å². The van der Waals surface area contributed by atoms with Gasteiger partial charge in [0, 0.05) is 19.3 Å². The number of carbonyl (C=O) groups is 2. The minimum atomic E-state index is -4.53. The molecule has 22 heavy (non-hydrogen) atoms. The number of halogens is 3. The van der Waals surface area contributed by atoms with Crippen LogP contribution in [0.15, 0.2) is 18.3 Å². The van der Waals surface area contributed by atoms with Crippen LogP contribution in [0, 0.1) is 5.92 Å². The monoisotopic (exact) mass is 317 g/mol. The molecule has 0 aliphatic carbocycles. The minimum absolute atomic E-state index is 0.0723. The Balaban J connectivity index is 2.12. The lowest BCUT2D eigenvalue weighted by atomic mass is 10.1. The second-order valence-electron chi connectivity index (χ2n) is 4.90. The van der Waals surface area contributed by atoms with Crippen molar-refractivity contribution >= 4 is 11.8 Å². The zero-order chi connectivity index (χ0) is 16.3. The number of nitrogens with zero attached hydrogens (tertiary/aromatic N) is 2. The van der Waals surface area contributed by atoms with E-state index in [-0.39, 0.29) is 18.0 Å². The predicted molar refractivity (Wildman–Crippen MR) is 69.0 cm³/mol. The topological polar surface area (TPSA) is 85.5 Å². The largest absolute Gasteiger partial charge is 0.467 e. The molecule has 1 aromatic heterocycles. The van der Waals surface area contributed by atoms with E-state index < -0.39 is 30.5 Å². The van der Waals surface area contributed by atoms with E-state index in [0.717, 1.165) is 0 Å². The van der Waals surface area contributed by atoms with Gasteiger partial charge in [-0.3, -0.25) is 9.59 Å². The number of aromatic nitrogens is 1. The number of hydrogen-bond acceptors (Lipinski definition) is 4. The molecule has 6 nitrogen and oxygen atoms in total. The Morgan fingerprint density at radius 3 is 2.77 bits per heavy atom. The molecule has 2 rings (SSSR count). The summed E-state index contributed by atoms with van der Waals surface area (Å²) in [6.45, 7) is -1.09. The Morgan fingerprint density at radius 2 is 2.18 bits per heavy atom. The fourth-order valence-corrected chi connectivity index (χ4v) is 2.17. The Bertz CT molecular complexity index is 577. The highest BCUT2D eigenvalue weighted by atomic mass is 19.4. The van der Waals surface area contributed by atoms with Gasteiger partial charge in [0.2, 0.25) is 11.8 Å². The fourth-order valence-electron chi connectivity index (χ4n) is 2.17. The first-order valence-electron chi connectivity index (χ1n) is 6.51. The highest BCUT2D eigenvalue weighted by Gasteiger charge is 2.33. The SMILES string of the molecule is NC(=O)[C@H]1CCN(C(=O)c2cccnc2OCC(F)(F)F)C1. The average molecular weight is 317 g/mol. The molecule has 0 bridgehead atoms. The standard InChI is InChI=1S/C13H14F3N3O3/c14-13(15,16)7-22-11-9(2-1-4-18-11)12(21)19-5-3-8(6-19)10(17)20/h1-2,4,8H,3,5-7H2,(H2,17,20)/t8-/m0/s1. The van der Waals surface area contributed by atoms with E-state index >= 15 is 0 Å². The molecule has 1 saturated heterocycles. The van der Waals surface area contributed by atoms with Crippen LogP contribution < -0.4 is 10.5 Å². The van der Waals surface area contributed by atoms with Crippen LogP contribution in [0.2, 0.25) is 0 Å². The first kappa shape index (κ1) is 16.1. The lowest BCUT2D eigenvalue weighted by Gasteiger charge is -2.18. The number of primary amides is 1. The number of alkyl halides is 3. The summed E-state index contributed by atoms with van der Waals surface area (Å²) in [5, 5.41) is 0. The molecule has 2 N–H and O–H groups in total. The van der Waals surface area contributed by atoms with Crippen molar-refractivity contribution in [3.63, 3.8) is 0 Å². The van der Waals surface area contributed by atoms with Crippen LogP contribution >= 0.6 is 0 Å². The number of ether oxygens (including phenoxy) is 1. The van der Waals surface area contributed by atoms with Crippen molar-refractivity contribution in [2.75, 3.05) is 19.7 Å². The molecule has 0 spiro atoms. The molecular weight excluding hydrogens is 303 g/mol. The summed E-state index contributed by atoms with van der Waals surface area (Å²) >= 11 is 0. The van der Waals surface area contributed by atoms with Gasteiger partial charge in [0.05, 0.1) is 5.92 Å². The van der Waals surface area contributed by atoms with E-state index in [1.807, 2.05) is 0 Å². The molecule has 0 radical (unpaired) electrons. The van der Waals surface area contributed by atoms with Crippen LogP contribution in [-0.2, 0) is 4.79 Å². The van der Waals surface area contributed by atoms with Gasteiger partial charge in [-0.05, 0) is 18.6 Å². The van der Waals surface area contributed by atoms with Gasteiger partial charge in [0.1, 0.15) is 5.56 Å². The number of pyridine rings is 1. The normalized spacial score (nSPS) is 18.3. The summed E-state index contributed by atoms with van der Waals surface area (Å²) in [6, 6.07) is 2.76. The summed E-state index contributed by atoms with van der Waals surface area (Å²) in [5.41, 5.74) is 5.11. The Kier molecular flexibility index (Phi) is 4.53. The molecule has 1 aromatic rings. The molecule has 1 atom stereocenters. The molecular formula is C13H14F3N3O3. The minimum Gasteiger partial charge on any atom is -0.467 e. The van der Waals surface area contributed by atoms with E-state index in [1.165, 1.54) is 23.2 Å². The third kappa shape index (κ3) is 3.86. The molecule has 1 fully saturated rings. The molecule has 9 heteroatoms. The second-order valence-corrected chi connectivity index (χ2v) is 4.90. The predicted octanol–water partition coefficient (Wildman–Crippen LogP) is 0.970. The number of amides is 2. The third-order valence-electron chi connectivity index (χ3n) is 3.25. The van der Waals surface area contributed by atoms with Crippen molar-refractivity contribution in [3.8, 4) is 5.88 Å². The van der Waals surface area contributed by atoms with Gasteiger partial charge < -0.3 is 15.4 Å². The second kappa shape index (κ2) is 6.20. The van der Waals surface area contributed by atoms with Crippen molar-refractivity contribution in [3.05, 3.63) is 23.9 Å². The van der Waals surface area contributed by atoms with Crippen molar-refractivity contribution in [1.29, 1.82) is 0 Å². The van der Waals surface area contributed by atoms with Crippen molar-refractivity contribution < 1.29 is 27.5 Å². The molecule has 120 valence electrons. The first-order valence-corrected chi connectivity index (χ1v) is 6.51. The Hall–Kier alpha value is -2.32. The summed E-state index contributed by atoms with van der Waals surface area (Å²) in [5.74, 6) is -1.86. The zero-order valence-corrected chi connectivity index (χ0v) is 11.5. The molecule has 2 amide bonds. The smallest absolute Gasteiger partial charge is 0.422 e. The maximum absolute atomic E-state index is 12.3. The third-order valence-corrected chi connectivity index (χ3v) is 3.25. The summed E-state index contributed by atoms with van der Waals surface area (Å²) in [6.07, 6.45) is -2.86. The van der Waals surface area contributed by atoms with E-state index in [2.05, 4.69) is 9.72 Å². The van der Waals surface area contributed by atoms with Gasteiger partial charge in [0.25, 0.3) is 5.91 Å². The lowest BCUT2D eigenvalue weighted by molar-refractivity contribution is -0.154. The van der Waals surface area contributed by atoms with Crippen LogP contribution in [-0.4, -0.2) is 47.6 Å². The van der Waals surface area contributed by atoms with Gasteiger partial charge in [-0.15, -0.1) is 0 Å². The Morgan fingerprint density at radius 1 is 1.45 bits per heavy atom. The van der Waals surface area contributed by atoms with Gasteiger partial charge >= 0.3 is 6.18 Å². The van der Waals surface area contributed by atoms with Crippen molar-refractivity contribution in [2.45, 2.75) is 12.6 Å². The van der Waals surface area contributed by atoms with Gasteiger partial charge in [-0.2, -0.15) is 13.2 Å². The summed E-state index contributed by atoms with van der Waals surface area (Å²) in [4.78, 5) is 28.5. The van der Waals surface area contributed by atoms with E-state index in [0.29, 0.717) is 13.0 Å². The number of nitrogens with two attached hydrogens (primary N) is 1. The summed E-state index contributed by atoms with van der Waals surface area (Å²) in [7, 11) is 0. The average Bonchev–Trinajstić information content (AvgIpc) is 2.94. The molecule has 0 unspecified atom stereocenters. The highest BCUT2D eigenvalue weighted by Crippen LogP contribution is 2.24. The number of hydrogen-bond donors (Lipinski definition) is 1. The van der Waals surface area contributed by atoms with Gasteiger partial charge in [-0.25, -0.2) is 4.98 Å². The zero-order valence-electron chi connectivity index (χ0n) is 11.5. The molecule has 2 heterocycles. The highest BCUT2D eigenvalue weighted by molar-refractivity contribution is 5.97. The molecule has 1 aliphatic rings. The lowest BCUT2D eigenvalue weighted by Crippen LogP contribution is -2.32. The quantitative estimate of drug-likeness (QED) is 0.896. The number of likely N-dealkylation sites (tertiary alicyclic amines) is 1. The molecule has 1 aliphatic heterocycles. The number of rotatable bonds is 4. The van der Waals surface area contributed by atoms with Crippen LogP contribution in [0.5, 0.6) is 5.88 Å². The molecule has 0 saturated carbocycles. The molecule has 0 aromatic carbocycles. The van der Waals surface area contributed by atoms with Crippen LogP contribution in [0.1, 0.15) is 16.8 Å². The maximum Gasteiger partial charge on any atom is 0.422 e. The number of carbonyl (C=O) groups excluding carboxylic acids is 2. The van der Waals surface area contributed by atoms with Gasteiger partial charge in [0.15, 0.2) is 6.61 Å². The van der Waals surface area contributed by atoms with E-state index in [4.69, 9.17) is 5.73 Å². The maximum atomic E-state index is 12.3. The summed E-state index contributed by atoms with van der Waals surface area (Å²) < 4.78 is 41.2. The van der Waals surface area contributed by atoms with E-state index in [1.54, 1.807) is 0 Å². The van der Waals surface area contributed by atoms with Crippen LogP contribution in [0.4, 0.5) is 13.2 Å².